The summed E-state index contributed by atoms with van der Waals surface area (Å²) in [6.45, 7) is 2.61. The van der Waals surface area contributed by atoms with Crippen molar-refractivity contribution in [3.8, 4) is 5.75 Å². The van der Waals surface area contributed by atoms with Crippen LogP contribution in [0.3, 0.4) is 0 Å². The van der Waals surface area contributed by atoms with E-state index < -0.39 is 0 Å². The van der Waals surface area contributed by atoms with Crippen molar-refractivity contribution in [3.05, 3.63) is 76.1 Å². The third-order valence-corrected chi connectivity index (χ3v) is 6.49. The summed E-state index contributed by atoms with van der Waals surface area (Å²) < 4.78 is 5.27. The van der Waals surface area contributed by atoms with E-state index in [1.165, 1.54) is 18.4 Å². The standard InChI is InChI=1S/C25H29N3O2S/c1-17(18-8-4-3-5-9-18)26-25(31)28(21-10-6-7-11-21)16-20-14-19-12-13-22(30-2)15-23(19)27-24(20)29/h3-5,8-9,12-15,17,21H,6-7,10-11,16H2,1-2H3,(H,26,31)(H,27,29)/t17-/m1/s1. The van der Waals surface area contributed by atoms with Crippen molar-refractivity contribution in [1.29, 1.82) is 0 Å². The van der Waals surface area contributed by atoms with Crippen molar-refractivity contribution in [2.45, 2.75) is 51.2 Å². The molecule has 1 fully saturated rings. The van der Waals surface area contributed by atoms with Gasteiger partial charge in [-0.05, 0) is 61.1 Å². The molecule has 1 atom stereocenters. The van der Waals surface area contributed by atoms with Gasteiger partial charge in [0.05, 0.1) is 25.2 Å². The molecule has 0 amide bonds. The lowest BCUT2D eigenvalue weighted by Gasteiger charge is -2.33. The number of thiocarbonyl (C=S) groups is 1. The van der Waals surface area contributed by atoms with Crippen molar-refractivity contribution >= 4 is 28.2 Å². The molecular weight excluding hydrogens is 406 g/mol. The molecule has 6 heteroatoms. The van der Waals surface area contributed by atoms with Crippen molar-refractivity contribution in [1.82, 2.24) is 15.2 Å². The normalized spacial score (nSPS) is 15.0. The van der Waals surface area contributed by atoms with Gasteiger partial charge in [0.15, 0.2) is 5.11 Å². The highest BCUT2D eigenvalue weighted by molar-refractivity contribution is 7.80. The number of hydrogen-bond donors (Lipinski definition) is 2. The van der Waals surface area contributed by atoms with Crippen molar-refractivity contribution in [2.75, 3.05) is 7.11 Å². The van der Waals surface area contributed by atoms with Gasteiger partial charge in [0.25, 0.3) is 5.56 Å². The Morgan fingerprint density at radius 2 is 1.94 bits per heavy atom. The molecule has 1 aliphatic carbocycles. The van der Waals surface area contributed by atoms with Gasteiger partial charge in [0, 0.05) is 17.7 Å². The molecule has 0 radical (unpaired) electrons. The molecule has 162 valence electrons. The Bertz CT molecular complexity index is 1110. The van der Waals surface area contributed by atoms with Crippen LogP contribution >= 0.6 is 12.2 Å². The monoisotopic (exact) mass is 435 g/mol. The van der Waals surface area contributed by atoms with Gasteiger partial charge in [0.2, 0.25) is 0 Å². The average Bonchev–Trinajstić information content (AvgIpc) is 3.32. The van der Waals surface area contributed by atoms with Crippen LogP contribution in [0, 0.1) is 0 Å². The zero-order valence-corrected chi connectivity index (χ0v) is 18.9. The predicted octanol–water partition coefficient (Wildman–Crippen LogP) is 4.92. The molecule has 5 nitrogen and oxygen atoms in total. The van der Waals surface area contributed by atoms with Crippen molar-refractivity contribution in [3.63, 3.8) is 0 Å². The van der Waals surface area contributed by atoms with E-state index in [-0.39, 0.29) is 11.6 Å². The number of H-pyrrole nitrogens is 1. The number of aromatic amines is 1. The number of nitrogens with one attached hydrogen (secondary N) is 2. The van der Waals surface area contributed by atoms with E-state index in [1.54, 1.807) is 7.11 Å². The molecule has 4 rings (SSSR count). The van der Waals surface area contributed by atoms with E-state index in [0.29, 0.717) is 17.7 Å². The molecule has 0 bridgehead atoms. The first-order chi connectivity index (χ1) is 15.0. The van der Waals surface area contributed by atoms with Crippen LogP contribution in [-0.2, 0) is 6.54 Å². The van der Waals surface area contributed by atoms with Gasteiger partial charge in [-0.3, -0.25) is 4.79 Å². The lowest BCUT2D eigenvalue weighted by molar-refractivity contribution is 0.300. The minimum atomic E-state index is -0.0809. The molecule has 2 N–H and O–H groups in total. The van der Waals surface area contributed by atoms with Crippen LogP contribution in [0.1, 0.15) is 49.8 Å². The minimum absolute atomic E-state index is 0.0809. The van der Waals surface area contributed by atoms with E-state index in [0.717, 1.165) is 35.1 Å². The van der Waals surface area contributed by atoms with Crippen LogP contribution in [0.2, 0.25) is 0 Å². The lowest BCUT2D eigenvalue weighted by Crippen LogP contribution is -2.46. The summed E-state index contributed by atoms with van der Waals surface area (Å²) in [6, 6.07) is 18.4. The molecule has 0 unspecified atom stereocenters. The number of methoxy groups -OCH3 is 1. The number of ether oxygens (including phenoxy) is 1. The Kier molecular flexibility index (Phi) is 6.56. The van der Waals surface area contributed by atoms with E-state index in [2.05, 4.69) is 34.3 Å². The molecular formula is C25H29N3O2S. The zero-order chi connectivity index (χ0) is 21.8. The maximum Gasteiger partial charge on any atom is 0.253 e. The topological polar surface area (TPSA) is 57.4 Å². The Morgan fingerprint density at radius 3 is 2.65 bits per heavy atom. The van der Waals surface area contributed by atoms with Gasteiger partial charge in [-0.1, -0.05) is 43.2 Å². The lowest BCUT2D eigenvalue weighted by atomic mass is 10.1. The summed E-state index contributed by atoms with van der Waals surface area (Å²) in [6.07, 6.45) is 4.60. The van der Waals surface area contributed by atoms with Crippen LogP contribution in [0.4, 0.5) is 0 Å². The first-order valence-electron chi connectivity index (χ1n) is 10.9. The number of fused-ring (bicyclic) bond motifs is 1. The summed E-state index contributed by atoms with van der Waals surface area (Å²) in [4.78, 5) is 18.1. The Balaban J connectivity index is 1.59. The number of pyridine rings is 1. The smallest absolute Gasteiger partial charge is 0.253 e. The summed E-state index contributed by atoms with van der Waals surface area (Å²) >= 11 is 5.85. The molecule has 2 aromatic carbocycles. The van der Waals surface area contributed by atoms with E-state index in [1.807, 2.05) is 42.5 Å². The second kappa shape index (κ2) is 9.52. The number of rotatable bonds is 6. The molecule has 3 aromatic rings. The molecule has 0 aliphatic heterocycles. The van der Waals surface area contributed by atoms with Gasteiger partial charge in [0.1, 0.15) is 5.75 Å². The van der Waals surface area contributed by atoms with Crippen molar-refractivity contribution < 1.29 is 4.74 Å². The highest BCUT2D eigenvalue weighted by Crippen LogP contribution is 2.26. The van der Waals surface area contributed by atoms with Crippen LogP contribution in [0.15, 0.2) is 59.4 Å². The maximum absolute atomic E-state index is 12.9. The first kappa shape index (κ1) is 21.4. The van der Waals surface area contributed by atoms with E-state index in [9.17, 15) is 4.79 Å². The molecule has 0 saturated heterocycles. The minimum Gasteiger partial charge on any atom is -0.497 e. The number of hydrogen-bond acceptors (Lipinski definition) is 3. The van der Waals surface area contributed by atoms with Gasteiger partial charge < -0.3 is 19.9 Å². The number of aromatic nitrogens is 1. The second-order valence-corrected chi connectivity index (χ2v) is 8.61. The predicted molar refractivity (Wildman–Crippen MR) is 130 cm³/mol. The Labute approximate surface area is 188 Å². The summed E-state index contributed by atoms with van der Waals surface area (Å²) in [5.41, 5.74) is 2.61. The summed E-state index contributed by atoms with van der Waals surface area (Å²) in [5, 5.41) is 5.18. The Morgan fingerprint density at radius 1 is 1.19 bits per heavy atom. The largest absolute Gasteiger partial charge is 0.497 e. The second-order valence-electron chi connectivity index (χ2n) is 8.22. The average molecular weight is 436 g/mol. The van der Waals surface area contributed by atoms with Crippen LogP contribution in [0.25, 0.3) is 10.9 Å². The highest BCUT2D eigenvalue weighted by Gasteiger charge is 2.26. The van der Waals surface area contributed by atoms with Gasteiger partial charge in [-0.25, -0.2) is 0 Å². The molecule has 31 heavy (non-hydrogen) atoms. The molecule has 1 aromatic heterocycles. The zero-order valence-electron chi connectivity index (χ0n) is 18.1. The van der Waals surface area contributed by atoms with Gasteiger partial charge in [-0.15, -0.1) is 0 Å². The van der Waals surface area contributed by atoms with Crippen LogP contribution in [0.5, 0.6) is 5.75 Å². The maximum atomic E-state index is 12.9. The quantitative estimate of drug-likeness (QED) is 0.539. The van der Waals surface area contributed by atoms with E-state index in [4.69, 9.17) is 17.0 Å². The fraction of sp³-hybridized carbons (Fsp3) is 0.360. The SMILES string of the molecule is COc1ccc2cc(CN(C(=S)N[C@H](C)c3ccccc3)C3CCCC3)c(=O)[nH]c2c1. The third kappa shape index (κ3) is 4.90. The van der Waals surface area contributed by atoms with E-state index >= 15 is 0 Å². The molecule has 1 aliphatic rings. The fourth-order valence-electron chi connectivity index (χ4n) is 4.33. The number of nitrogens with zero attached hydrogens (tertiary/aromatic N) is 1. The molecule has 0 spiro atoms. The summed E-state index contributed by atoms with van der Waals surface area (Å²) in [7, 11) is 1.62. The van der Waals surface area contributed by atoms with Gasteiger partial charge >= 0.3 is 0 Å². The van der Waals surface area contributed by atoms with Gasteiger partial charge in [-0.2, -0.15) is 0 Å². The molecule has 1 heterocycles. The van der Waals surface area contributed by atoms with Crippen LogP contribution in [-0.4, -0.2) is 28.1 Å². The highest BCUT2D eigenvalue weighted by atomic mass is 32.1. The molecule has 1 saturated carbocycles. The van der Waals surface area contributed by atoms with Crippen LogP contribution < -0.4 is 15.6 Å². The number of benzene rings is 2. The van der Waals surface area contributed by atoms with Crippen molar-refractivity contribution in [2.24, 2.45) is 0 Å². The third-order valence-electron chi connectivity index (χ3n) is 6.14. The fourth-order valence-corrected chi connectivity index (χ4v) is 4.72. The summed E-state index contributed by atoms with van der Waals surface area (Å²) in [5.74, 6) is 0.726. The first-order valence-corrected chi connectivity index (χ1v) is 11.3. The Hall–Kier alpha value is -2.86.